The highest BCUT2D eigenvalue weighted by atomic mass is 32.2. The van der Waals surface area contributed by atoms with Gasteiger partial charge in [-0.15, -0.1) is 0 Å². The Morgan fingerprint density at radius 3 is 2.57 bits per heavy atom. The Hall–Kier alpha value is -2.61. The molecule has 1 heterocycles. The largest absolute Gasteiger partial charge is 0.409 e. The topological polar surface area (TPSA) is 115 Å². The number of nitrogens with two attached hydrogens (primary N) is 1. The lowest BCUT2D eigenvalue weighted by atomic mass is 10.2. The van der Waals surface area contributed by atoms with E-state index in [1.807, 2.05) is 6.92 Å². The Balaban J connectivity index is 2.34. The summed E-state index contributed by atoms with van der Waals surface area (Å²) in [4.78, 5) is 15.3. The van der Waals surface area contributed by atoms with Gasteiger partial charge in [-0.1, -0.05) is 16.9 Å². The van der Waals surface area contributed by atoms with Crippen LogP contribution in [-0.2, 0) is 0 Å². The fourth-order valence-electron chi connectivity index (χ4n) is 1.61. The molecule has 0 bridgehead atoms. The van der Waals surface area contributed by atoms with Gasteiger partial charge >= 0.3 is 0 Å². The van der Waals surface area contributed by atoms with Crippen molar-refractivity contribution in [1.29, 1.82) is 0 Å². The number of pyridine rings is 1. The van der Waals surface area contributed by atoms with Crippen molar-refractivity contribution < 1.29 is 10.1 Å². The maximum atomic E-state index is 10.6. The molecular formula is C13H12N4O3S. The second-order valence-corrected chi connectivity index (χ2v) is 5.21. The number of oxime groups is 1. The number of nitro benzene ring substituents is 1. The molecule has 0 fully saturated rings. The van der Waals surface area contributed by atoms with E-state index < -0.39 is 4.92 Å². The van der Waals surface area contributed by atoms with Crippen molar-refractivity contribution in [2.45, 2.75) is 16.8 Å². The number of nitrogens with zero attached hydrogens (tertiary/aromatic N) is 3. The standard InChI is InChI=1S/C13H12N4O3S/c1-8-2-7-11(12(14)16-18)13(15-8)21-10-5-3-9(4-6-10)17(19)20/h2-7,18H,1H3,(H2,14,16). The summed E-state index contributed by atoms with van der Waals surface area (Å²) < 4.78 is 0. The van der Waals surface area contributed by atoms with Gasteiger partial charge in [0.15, 0.2) is 5.84 Å². The number of benzene rings is 1. The Morgan fingerprint density at radius 1 is 1.33 bits per heavy atom. The molecule has 0 atom stereocenters. The molecule has 108 valence electrons. The first kappa shape index (κ1) is 14.8. The van der Waals surface area contributed by atoms with E-state index in [1.54, 1.807) is 24.3 Å². The van der Waals surface area contributed by atoms with E-state index in [1.165, 1.54) is 23.9 Å². The van der Waals surface area contributed by atoms with Gasteiger partial charge in [-0.05, 0) is 31.2 Å². The summed E-state index contributed by atoms with van der Waals surface area (Å²) in [5.41, 5.74) is 6.93. The average molecular weight is 304 g/mol. The van der Waals surface area contributed by atoms with Crippen LogP contribution in [-0.4, -0.2) is 21.0 Å². The van der Waals surface area contributed by atoms with E-state index in [0.29, 0.717) is 10.6 Å². The molecule has 0 spiro atoms. The number of nitro groups is 1. The first-order chi connectivity index (χ1) is 10.0. The number of hydrogen-bond acceptors (Lipinski definition) is 6. The molecule has 0 aliphatic heterocycles. The Bertz CT molecular complexity index is 701. The highest BCUT2D eigenvalue weighted by molar-refractivity contribution is 7.99. The van der Waals surface area contributed by atoms with E-state index in [9.17, 15) is 10.1 Å². The molecule has 1 aromatic heterocycles. The fourth-order valence-corrected chi connectivity index (χ4v) is 2.57. The van der Waals surface area contributed by atoms with Crippen LogP contribution < -0.4 is 5.73 Å². The van der Waals surface area contributed by atoms with Crippen LogP contribution in [0.2, 0.25) is 0 Å². The minimum Gasteiger partial charge on any atom is -0.409 e. The van der Waals surface area contributed by atoms with Crippen molar-refractivity contribution in [2.75, 3.05) is 0 Å². The summed E-state index contributed by atoms with van der Waals surface area (Å²) in [5, 5.41) is 23.0. The van der Waals surface area contributed by atoms with Crippen molar-refractivity contribution >= 4 is 23.3 Å². The first-order valence-corrected chi connectivity index (χ1v) is 6.71. The van der Waals surface area contributed by atoms with Gasteiger partial charge in [0.1, 0.15) is 5.03 Å². The van der Waals surface area contributed by atoms with Crippen molar-refractivity contribution in [3.63, 3.8) is 0 Å². The van der Waals surface area contributed by atoms with Gasteiger partial charge in [-0.25, -0.2) is 4.98 Å². The number of hydrogen-bond donors (Lipinski definition) is 2. The Kier molecular flexibility index (Phi) is 4.39. The molecular weight excluding hydrogens is 292 g/mol. The Labute approximate surface area is 124 Å². The summed E-state index contributed by atoms with van der Waals surface area (Å²) in [6.45, 7) is 1.83. The number of amidine groups is 1. The van der Waals surface area contributed by atoms with Crippen LogP contribution >= 0.6 is 11.8 Å². The van der Waals surface area contributed by atoms with Crippen molar-refractivity contribution in [3.8, 4) is 0 Å². The molecule has 0 aliphatic carbocycles. The van der Waals surface area contributed by atoms with Gasteiger partial charge in [0, 0.05) is 22.7 Å². The van der Waals surface area contributed by atoms with Crippen LogP contribution in [0.15, 0.2) is 51.5 Å². The lowest BCUT2D eigenvalue weighted by molar-refractivity contribution is -0.384. The Morgan fingerprint density at radius 2 is 2.00 bits per heavy atom. The quantitative estimate of drug-likeness (QED) is 0.295. The zero-order chi connectivity index (χ0) is 15.4. The van der Waals surface area contributed by atoms with E-state index in [4.69, 9.17) is 10.9 Å². The van der Waals surface area contributed by atoms with Gasteiger partial charge < -0.3 is 10.9 Å². The molecule has 2 rings (SSSR count). The highest BCUT2D eigenvalue weighted by Gasteiger charge is 2.12. The molecule has 8 heteroatoms. The van der Waals surface area contributed by atoms with Gasteiger partial charge in [0.2, 0.25) is 0 Å². The molecule has 1 aromatic carbocycles. The van der Waals surface area contributed by atoms with E-state index in [0.717, 1.165) is 10.6 Å². The number of rotatable bonds is 4. The molecule has 0 saturated carbocycles. The number of non-ortho nitro benzene ring substituents is 1. The molecule has 0 aliphatic rings. The second kappa shape index (κ2) is 6.23. The van der Waals surface area contributed by atoms with Crippen LogP contribution in [0.1, 0.15) is 11.3 Å². The smallest absolute Gasteiger partial charge is 0.269 e. The van der Waals surface area contributed by atoms with Crippen molar-refractivity contribution in [2.24, 2.45) is 10.9 Å². The van der Waals surface area contributed by atoms with Gasteiger partial charge in [-0.2, -0.15) is 0 Å². The third-order valence-electron chi connectivity index (χ3n) is 2.65. The SMILES string of the molecule is Cc1ccc(C(N)=NO)c(Sc2ccc([N+](=O)[O-])cc2)n1. The summed E-state index contributed by atoms with van der Waals surface area (Å²) >= 11 is 1.29. The third kappa shape index (κ3) is 3.48. The third-order valence-corrected chi connectivity index (χ3v) is 3.66. The molecule has 0 unspecified atom stereocenters. The van der Waals surface area contributed by atoms with Gasteiger partial charge in [0.25, 0.3) is 5.69 Å². The summed E-state index contributed by atoms with van der Waals surface area (Å²) in [5.74, 6) is -0.0353. The lowest BCUT2D eigenvalue weighted by Crippen LogP contribution is -2.15. The average Bonchev–Trinajstić information content (AvgIpc) is 2.47. The van der Waals surface area contributed by atoms with Crippen molar-refractivity contribution in [3.05, 3.63) is 57.8 Å². The maximum Gasteiger partial charge on any atom is 0.269 e. The minimum atomic E-state index is -0.457. The minimum absolute atomic E-state index is 0.0215. The van der Waals surface area contributed by atoms with Crippen molar-refractivity contribution in [1.82, 2.24) is 4.98 Å². The lowest BCUT2D eigenvalue weighted by Gasteiger charge is -2.08. The molecule has 2 aromatic rings. The number of aromatic nitrogens is 1. The molecule has 0 saturated heterocycles. The normalized spacial score (nSPS) is 11.4. The van der Waals surface area contributed by atoms with Crippen LogP contribution in [0.4, 0.5) is 5.69 Å². The number of aryl methyl sites for hydroxylation is 1. The fraction of sp³-hybridized carbons (Fsp3) is 0.0769. The van der Waals surface area contributed by atoms with Gasteiger partial charge in [-0.3, -0.25) is 10.1 Å². The molecule has 21 heavy (non-hydrogen) atoms. The van der Waals surface area contributed by atoms with Crippen LogP contribution in [0, 0.1) is 17.0 Å². The maximum absolute atomic E-state index is 10.6. The van der Waals surface area contributed by atoms with Gasteiger partial charge in [0.05, 0.1) is 10.5 Å². The second-order valence-electron chi connectivity index (χ2n) is 4.14. The van der Waals surface area contributed by atoms with Crippen LogP contribution in [0.25, 0.3) is 0 Å². The summed E-state index contributed by atoms with van der Waals surface area (Å²) in [7, 11) is 0. The van der Waals surface area contributed by atoms with E-state index in [-0.39, 0.29) is 11.5 Å². The zero-order valence-electron chi connectivity index (χ0n) is 11.1. The summed E-state index contributed by atoms with van der Waals surface area (Å²) in [6.07, 6.45) is 0. The highest BCUT2D eigenvalue weighted by Crippen LogP contribution is 2.30. The zero-order valence-corrected chi connectivity index (χ0v) is 11.9. The molecule has 7 nitrogen and oxygen atoms in total. The first-order valence-electron chi connectivity index (χ1n) is 5.89. The summed E-state index contributed by atoms with van der Waals surface area (Å²) in [6, 6.07) is 9.56. The molecule has 0 amide bonds. The monoisotopic (exact) mass is 304 g/mol. The van der Waals surface area contributed by atoms with Crippen LogP contribution in [0.3, 0.4) is 0 Å². The molecule has 0 radical (unpaired) electrons. The van der Waals surface area contributed by atoms with Crippen LogP contribution in [0.5, 0.6) is 0 Å². The van der Waals surface area contributed by atoms with E-state index in [2.05, 4.69) is 10.1 Å². The molecule has 3 N–H and O–H groups in total. The predicted molar refractivity (Wildman–Crippen MR) is 78.7 cm³/mol. The predicted octanol–water partition coefficient (Wildman–Crippen LogP) is 2.54. The van der Waals surface area contributed by atoms with E-state index >= 15 is 0 Å².